The van der Waals surface area contributed by atoms with E-state index in [1.165, 1.54) is 0 Å². The second-order valence-corrected chi connectivity index (χ2v) is 3.17. The minimum atomic E-state index is -0.312. The molecule has 0 aliphatic carbocycles. The van der Waals surface area contributed by atoms with Gasteiger partial charge in [0, 0.05) is 6.04 Å². The van der Waals surface area contributed by atoms with Crippen molar-refractivity contribution in [2.75, 3.05) is 0 Å². The van der Waals surface area contributed by atoms with Crippen LogP contribution in [0.4, 0.5) is 0 Å². The van der Waals surface area contributed by atoms with Crippen molar-refractivity contribution in [2.45, 2.75) is 19.4 Å². The molecule has 0 aromatic heterocycles. The number of carbonyl (C=O) groups excluding carboxylic acids is 1. The number of nitrogens with two attached hydrogens (primary N) is 2. The summed E-state index contributed by atoms with van der Waals surface area (Å²) in [7, 11) is 0. The Hall–Kier alpha value is -1.35. The smallest absolute Gasteiger partial charge is 0.221 e. The second kappa shape index (κ2) is 4.05. The first-order valence-electron chi connectivity index (χ1n) is 4.22. The van der Waals surface area contributed by atoms with Gasteiger partial charge in [0.25, 0.3) is 0 Å². The van der Waals surface area contributed by atoms with E-state index in [4.69, 9.17) is 11.5 Å². The first kappa shape index (κ1) is 9.74. The average molecular weight is 178 g/mol. The molecular weight excluding hydrogens is 164 g/mol. The summed E-state index contributed by atoms with van der Waals surface area (Å²) in [6.07, 6.45) is 0.291. The van der Waals surface area contributed by atoms with Gasteiger partial charge in [-0.05, 0) is 18.1 Å². The lowest BCUT2D eigenvalue weighted by molar-refractivity contribution is -0.117. The van der Waals surface area contributed by atoms with Gasteiger partial charge < -0.3 is 11.5 Å². The Morgan fingerprint density at radius 1 is 1.38 bits per heavy atom. The highest BCUT2D eigenvalue weighted by molar-refractivity contribution is 5.76. The minimum Gasteiger partial charge on any atom is -0.369 e. The van der Waals surface area contributed by atoms with Gasteiger partial charge in [0.2, 0.25) is 5.91 Å². The van der Waals surface area contributed by atoms with E-state index in [0.29, 0.717) is 6.42 Å². The van der Waals surface area contributed by atoms with Crippen molar-refractivity contribution in [3.63, 3.8) is 0 Å². The van der Waals surface area contributed by atoms with Crippen LogP contribution in [0.25, 0.3) is 0 Å². The van der Waals surface area contributed by atoms with Crippen molar-refractivity contribution >= 4 is 5.91 Å². The number of benzene rings is 1. The molecule has 3 nitrogen and oxygen atoms in total. The zero-order valence-corrected chi connectivity index (χ0v) is 7.66. The highest BCUT2D eigenvalue weighted by atomic mass is 16.1. The molecule has 0 spiro atoms. The molecule has 13 heavy (non-hydrogen) atoms. The van der Waals surface area contributed by atoms with Gasteiger partial charge in [-0.1, -0.05) is 24.3 Å². The molecule has 0 saturated carbocycles. The van der Waals surface area contributed by atoms with Gasteiger partial charge in [0.15, 0.2) is 0 Å². The van der Waals surface area contributed by atoms with E-state index in [1.807, 2.05) is 31.2 Å². The van der Waals surface area contributed by atoms with E-state index in [0.717, 1.165) is 11.1 Å². The van der Waals surface area contributed by atoms with Crippen molar-refractivity contribution in [1.82, 2.24) is 0 Å². The Bertz CT molecular complexity index is 290. The van der Waals surface area contributed by atoms with Crippen LogP contribution in [0.15, 0.2) is 24.3 Å². The standard InChI is InChI=1S/C10H14N2O/c1-7(11)9-4-2-8(3-5-9)6-10(12)13/h2-5,7H,6,11H2,1H3,(H2,12,13)/t7-/m0/s1. The van der Waals surface area contributed by atoms with Crippen LogP contribution in [-0.4, -0.2) is 5.91 Å². The van der Waals surface area contributed by atoms with Crippen LogP contribution in [-0.2, 0) is 11.2 Å². The molecule has 0 fully saturated rings. The predicted octanol–water partition coefficient (Wildman–Crippen LogP) is 0.734. The molecule has 1 atom stereocenters. The molecule has 0 aliphatic rings. The summed E-state index contributed by atoms with van der Waals surface area (Å²) < 4.78 is 0. The fraction of sp³-hybridized carbons (Fsp3) is 0.300. The normalized spacial score (nSPS) is 12.5. The number of carbonyl (C=O) groups is 1. The summed E-state index contributed by atoms with van der Waals surface area (Å²) in [5.41, 5.74) is 12.7. The molecule has 1 amide bonds. The van der Waals surface area contributed by atoms with Crippen LogP contribution < -0.4 is 11.5 Å². The van der Waals surface area contributed by atoms with Crippen LogP contribution in [0, 0.1) is 0 Å². The number of hydrogen-bond acceptors (Lipinski definition) is 2. The monoisotopic (exact) mass is 178 g/mol. The van der Waals surface area contributed by atoms with Gasteiger partial charge in [-0.15, -0.1) is 0 Å². The van der Waals surface area contributed by atoms with Crippen molar-refractivity contribution in [3.8, 4) is 0 Å². The predicted molar refractivity (Wildman–Crippen MR) is 51.9 cm³/mol. The number of rotatable bonds is 3. The van der Waals surface area contributed by atoms with Gasteiger partial charge >= 0.3 is 0 Å². The summed E-state index contributed by atoms with van der Waals surface area (Å²) in [6, 6.07) is 7.63. The molecule has 0 saturated heterocycles. The lowest BCUT2D eigenvalue weighted by Gasteiger charge is -2.05. The maximum atomic E-state index is 10.6. The third kappa shape index (κ3) is 2.87. The van der Waals surface area contributed by atoms with Crippen LogP contribution in [0.1, 0.15) is 24.1 Å². The van der Waals surface area contributed by atoms with Gasteiger partial charge in [-0.25, -0.2) is 0 Å². The minimum absolute atomic E-state index is 0.0302. The number of amides is 1. The second-order valence-electron chi connectivity index (χ2n) is 3.17. The van der Waals surface area contributed by atoms with Gasteiger partial charge in [0.05, 0.1) is 6.42 Å². The van der Waals surface area contributed by atoms with Crippen molar-refractivity contribution < 1.29 is 4.79 Å². The van der Waals surface area contributed by atoms with Crippen LogP contribution >= 0.6 is 0 Å². The molecule has 1 rings (SSSR count). The van der Waals surface area contributed by atoms with Gasteiger partial charge in [0.1, 0.15) is 0 Å². The van der Waals surface area contributed by atoms with E-state index in [1.54, 1.807) is 0 Å². The molecule has 1 aromatic rings. The maximum absolute atomic E-state index is 10.6. The SMILES string of the molecule is C[C@H](N)c1ccc(CC(N)=O)cc1. The van der Waals surface area contributed by atoms with Crippen LogP contribution in [0.2, 0.25) is 0 Å². The molecule has 0 bridgehead atoms. The fourth-order valence-corrected chi connectivity index (χ4v) is 1.14. The van der Waals surface area contributed by atoms with E-state index in [-0.39, 0.29) is 11.9 Å². The Kier molecular flexibility index (Phi) is 3.03. The first-order valence-corrected chi connectivity index (χ1v) is 4.22. The van der Waals surface area contributed by atoms with Crippen molar-refractivity contribution in [3.05, 3.63) is 35.4 Å². The fourth-order valence-electron chi connectivity index (χ4n) is 1.14. The van der Waals surface area contributed by atoms with Crippen LogP contribution in [0.5, 0.6) is 0 Å². The van der Waals surface area contributed by atoms with E-state index in [2.05, 4.69) is 0 Å². The third-order valence-electron chi connectivity index (χ3n) is 1.88. The summed E-state index contributed by atoms with van der Waals surface area (Å²) in [6.45, 7) is 1.92. The highest BCUT2D eigenvalue weighted by Crippen LogP contribution is 2.10. The van der Waals surface area contributed by atoms with Crippen LogP contribution in [0.3, 0.4) is 0 Å². The highest BCUT2D eigenvalue weighted by Gasteiger charge is 2.00. The molecule has 0 radical (unpaired) electrons. The topological polar surface area (TPSA) is 69.1 Å². The molecule has 70 valence electrons. The largest absolute Gasteiger partial charge is 0.369 e. The van der Waals surface area contributed by atoms with Crippen molar-refractivity contribution in [1.29, 1.82) is 0 Å². The Balaban J connectivity index is 2.75. The first-order chi connectivity index (χ1) is 6.09. The Morgan fingerprint density at radius 3 is 2.31 bits per heavy atom. The Labute approximate surface area is 77.7 Å². The van der Waals surface area contributed by atoms with E-state index < -0.39 is 0 Å². The van der Waals surface area contributed by atoms with Crippen molar-refractivity contribution in [2.24, 2.45) is 11.5 Å². The molecule has 0 aliphatic heterocycles. The summed E-state index contributed by atoms with van der Waals surface area (Å²) in [4.78, 5) is 10.6. The quantitative estimate of drug-likeness (QED) is 0.716. The molecule has 3 heteroatoms. The third-order valence-corrected chi connectivity index (χ3v) is 1.88. The summed E-state index contributed by atoms with van der Waals surface area (Å²) >= 11 is 0. The molecule has 0 heterocycles. The number of hydrogen-bond donors (Lipinski definition) is 2. The summed E-state index contributed by atoms with van der Waals surface area (Å²) in [5, 5.41) is 0. The van der Waals surface area contributed by atoms with E-state index >= 15 is 0 Å². The Morgan fingerprint density at radius 2 is 1.92 bits per heavy atom. The van der Waals surface area contributed by atoms with Gasteiger partial charge in [-0.3, -0.25) is 4.79 Å². The van der Waals surface area contributed by atoms with Gasteiger partial charge in [-0.2, -0.15) is 0 Å². The molecule has 1 aromatic carbocycles. The lowest BCUT2D eigenvalue weighted by atomic mass is 10.1. The summed E-state index contributed by atoms with van der Waals surface area (Å²) in [5.74, 6) is -0.312. The molecule has 4 N–H and O–H groups in total. The lowest BCUT2D eigenvalue weighted by Crippen LogP contribution is -2.13. The molecule has 0 unspecified atom stereocenters. The number of primary amides is 1. The molecular formula is C10H14N2O. The zero-order valence-electron chi connectivity index (χ0n) is 7.66. The zero-order chi connectivity index (χ0) is 9.84. The average Bonchev–Trinajstić information content (AvgIpc) is 2.04. The van der Waals surface area contributed by atoms with E-state index in [9.17, 15) is 4.79 Å². The maximum Gasteiger partial charge on any atom is 0.221 e.